The van der Waals surface area contributed by atoms with Gasteiger partial charge < -0.3 is 5.73 Å². The molecule has 0 aliphatic carbocycles. The van der Waals surface area contributed by atoms with Crippen LogP contribution in [0.2, 0.25) is 0 Å². The van der Waals surface area contributed by atoms with E-state index in [4.69, 9.17) is 5.73 Å². The molecule has 2 fully saturated rings. The Kier molecular flexibility index (Phi) is 4.64. The first-order valence-electron chi connectivity index (χ1n) is 7.02. The van der Waals surface area contributed by atoms with Crippen molar-refractivity contribution in [2.24, 2.45) is 5.73 Å². The Labute approximate surface area is 110 Å². The van der Waals surface area contributed by atoms with E-state index in [1.165, 1.54) is 12.8 Å². The van der Waals surface area contributed by atoms with Crippen LogP contribution in [0.5, 0.6) is 0 Å². The van der Waals surface area contributed by atoms with E-state index in [0.29, 0.717) is 25.6 Å². The van der Waals surface area contributed by atoms with Gasteiger partial charge in [0.2, 0.25) is 10.0 Å². The zero-order chi connectivity index (χ0) is 13.2. The third kappa shape index (κ3) is 2.71. The highest BCUT2D eigenvalue weighted by molar-refractivity contribution is 7.89. The summed E-state index contributed by atoms with van der Waals surface area (Å²) in [5.74, 6) is 0. The summed E-state index contributed by atoms with van der Waals surface area (Å²) >= 11 is 0. The van der Waals surface area contributed by atoms with Crippen LogP contribution < -0.4 is 5.73 Å². The fourth-order valence-corrected chi connectivity index (χ4v) is 4.88. The van der Waals surface area contributed by atoms with E-state index in [1.807, 2.05) is 6.92 Å². The minimum atomic E-state index is -3.18. The molecule has 0 amide bonds. The molecule has 0 saturated carbocycles. The Balaban J connectivity index is 1.99. The highest BCUT2D eigenvalue weighted by Crippen LogP contribution is 2.24. The molecule has 2 atom stereocenters. The standard InChI is InChI=1S/C12H25N3O2S/c1-2-12(9-13)18(16,17)15-8-5-11(10-15)14-6-3-4-7-14/h11-12H,2-10,13H2,1H3. The molecule has 2 heterocycles. The van der Waals surface area contributed by atoms with Crippen LogP contribution in [0.1, 0.15) is 32.6 Å². The number of likely N-dealkylation sites (tertiary alicyclic amines) is 1. The van der Waals surface area contributed by atoms with Gasteiger partial charge in [-0.3, -0.25) is 4.90 Å². The molecule has 5 nitrogen and oxygen atoms in total. The van der Waals surface area contributed by atoms with Crippen LogP contribution in [0.15, 0.2) is 0 Å². The minimum absolute atomic E-state index is 0.226. The van der Waals surface area contributed by atoms with Gasteiger partial charge in [-0.1, -0.05) is 6.92 Å². The van der Waals surface area contributed by atoms with Crippen molar-refractivity contribution in [3.05, 3.63) is 0 Å². The Morgan fingerprint density at radius 3 is 2.50 bits per heavy atom. The molecular formula is C12H25N3O2S. The van der Waals surface area contributed by atoms with E-state index in [2.05, 4.69) is 4.90 Å². The summed E-state index contributed by atoms with van der Waals surface area (Å²) in [6.07, 6.45) is 4.08. The molecule has 0 aromatic carbocycles. The van der Waals surface area contributed by atoms with Crippen molar-refractivity contribution in [1.29, 1.82) is 0 Å². The Hall–Kier alpha value is -0.170. The maximum absolute atomic E-state index is 12.4. The van der Waals surface area contributed by atoms with Gasteiger partial charge in [0.1, 0.15) is 0 Å². The highest BCUT2D eigenvalue weighted by atomic mass is 32.2. The second-order valence-electron chi connectivity index (χ2n) is 5.35. The maximum atomic E-state index is 12.4. The fourth-order valence-electron chi connectivity index (χ4n) is 3.06. The Morgan fingerprint density at radius 1 is 1.28 bits per heavy atom. The van der Waals surface area contributed by atoms with Gasteiger partial charge in [0.05, 0.1) is 5.25 Å². The lowest BCUT2D eigenvalue weighted by Crippen LogP contribution is -2.43. The maximum Gasteiger partial charge on any atom is 0.218 e. The Morgan fingerprint density at radius 2 is 1.94 bits per heavy atom. The number of hydrogen-bond donors (Lipinski definition) is 1. The molecule has 0 spiro atoms. The van der Waals surface area contributed by atoms with Gasteiger partial charge in [0, 0.05) is 25.7 Å². The van der Waals surface area contributed by atoms with Crippen molar-refractivity contribution in [2.75, 3.05) is 32.7 Å². The summed E-state index contributed by atoms with van der Waals surface area (Å²) in [4.78, 5) is 2.44. The smallest absolute Gasteiger partial charge is 0.218 e. The quantitative estimate of drug-likeness (QED) is 0.779. The van der Waals surface area contributed by atoms with Gasteiger partial charge >= 0.3 is 0 Å². The fraction of sp³-hybridized carbons (Fsp3) is 1.00. The number of nitrogens with zero attached hydrogens (tertiary/aromatic N) is 2. The lowest BCUT2D eigenvalue weighted by Gasteiger charge is -2.25. The summed E-state index contributed by atoms with van der Waals surface area (Å²) < 4.78 is 26.4. The van der Waals surface area contributed by atoms with Crippen molar-refractivity contribution in [3.63, 3.8) is 0 Å². The van der Waals surface area contributed by atoms with E-state index in [9.17, 15) is 8.42 Å². The normalized spacial score (nSPS) is 28.9. The van der Waals surface area contributed by atoms with Crippen molar-refractivity contribution in [2.45, 2.75) is 43.9 Å². The third-order valence-electron chi connectivity index (χ3n) is 4.28. The second kappa shape index (κ2) is 5.86. The molecule has 2 saturated heterocycles. The van der Waals surface area contributed by atoms with Crippen LogP contribution in [0.4, 0.5) is 0 Å². The lowest BCUT2D eigenvalue weighted by molar-refractivity contribution is 0.250. The molecule has 18 heavy (non-hydrogen) atoms. The molecule has 2 aliphatic rings. The average molecular weight is 275 g/mol. The number of rotatable bonds is 5. The van der Waals surface area contributed by atoms with Gasteiger partial charge in [0.25, 0.3) is 0 Å². The average Bonchev–Trinajstić information content (AvgIpc) is 3.01. The van der Waals surface area contributed by atoms with Crippen molar-refractivity contribution < 1.29 is 8.42 Å². The first-order chi connectivity index (χ1) is 8.59. The number of hydrogen-bond acceptors (Lipinski definition) is 4. The molecule has 2 unspecified atom stereocenters. The summed E-state index contributed by atoms with van der Waals surface area (Å²) in [6.45, 7) is 5.71. The van der Waals surface area contributed by atoms with E-state index < -0.39 is 15.3 Å². The zero-order valence-electron chi connectivity index (χ0n) is 11.2. The van der Waals surface area contributed by atoms with Gasteiger partial charge in [-0.2, -0.15) is 0 Å². The Bertz CT molecular complexity index is 362. The van der Waals surface area contributed by atoms with Gasteiger partial charge in [-0.15, -0.1) is 0 Å². The van der Waals surface area contributed by atoms with E-state index in [-0.39, 0.29) is 6.54 Å². The van der Waals surface area contributed by atoms with Crippen LogP contribution in [0.25, 0.3) is 0 Å². The topological polar surface area (TPSA) is 66.6 Å². The zero-order valence-corrected chi connectivity index (χ0v) is 12.0. The van der Waals surface area contributed by atoms with Crippen molar-refractivity contribution in [3.8, 4) is 0 Å². The second-order valence-corrected chi connectivity index (χ2v) is 7.57. The molecule has 2 rings (SSSR count). The summed E-state index contributed by atoms with van der Waals surface area (Å²) in [6, 6.07) is 0.428. The first-order valence-corrected chi connectivity index (χ1v) is 8.53. The highest BCUT2D eigenvalue weighted by Gasteiger charge is 2.37. The van der Waals surface area contributed by atoms with Gasteiger partial charge in [-0.05, 0) is 38.8 Å². The lowest BCUT2D eigenvalue weighted by atomic mass is 10.2. The monoisotopic (exact) mass is 275 g/mol. The SMILES string of the molecule is CCC(CN)S(=O)(=O)N1CCC(N2CCCC2)C1. The van der Waals surface area contributed by atoms with E-state index >= 15 is 0 Å². The first kappa shape index (κ1) is 14.2. The van der Waals surface area contributed by atoms with E-state index in [0.717, 1.165) is 19.5 Å². The molecule has 106 valence electrons. The van der Waals surface area contributed by atoms with Gasteiger partial charge in [-0.25, -0.2) is 12.7 Å². The van der Waals surface area contributed by atoms with E-state index in [1.54, 1.807) is 4.31 Å². The molecule has 2 N–H and O–H groups in total. The predicted octanol–water partition coefficient (Wildman–Crippen LogP) is 0.224. The van der Waals surface area contributed by atoms with Crippen molar-refractivity contribution in [1.82, 2.24) is 9.21 Å². The minimum Gasteiger partial charge on any atom is -0.329 e. The summed E-state index contributed by atoms with van der Waals surface area (Å²) in [5.41, 5.74) is 5.58. The molecular weight excluding hydrogens is 250 g/mol. The predicted molar refractivity (Wildman–Crippen MR) is 72.8 cm³/mol. The molecule has 0 bridgehead atoms. The van der Waals surface area contributed by atoms with Crippen LogP contribution in [-0.2, 0) is 10.0 Å². The number of sulfonamides is 1. The third-order valence-corrected chi connectivity index (χ3v) is 6.70. The molecule has 2 aliphatic heterocycles. The summed E-state index contributed by atoms with van der Waals surface area (Å²) in [5, 5.41) is -0.408. The molecule has 6 heteroatoms. The largest absolute Gasteiger partial charge is 0.329 e. The molecule has 0 radical (unpaired) electrons. The molecule has 0 aromatic rings. The summed E-state index contributed by atoms with van der Waals surface area (Å²) in [7, 11) is -3.18. The van der Waals surface area contributed by atoms with Crippen LogP contribution in [0, 0.1) is 0 Å². The van der Waals surface area contributed by atoms with Crippen LogP contribution in [0.3, 0.4) is 0 Å². The van der Waals surface area contributed by atoms with Crippen LogP contribution in [-0.4, -0.2) is 61.6 Å². The van der Waals surface area contributed by atoms with Crippen LogP contribution >= 0.6 is 0 Å². The van der Waals surface area contributed by atoms with Crippen molar-refractivity contribution >= 4 is 10.0 Å². The van der Waals surface area contributed by atoms with Gasteiger partial charge in [0.15, 0.2) is 0 Å². The molecule has 0 aromatic heterocycles. The number of nitrogens with two attached hydrogens (primary N) is 1.